The van der Waals surface area contributed by atoms with Crippen molar-refractivity contribution in [1.82, 2.24) is 14.5 Å². The summed E-state index contributed by atoms with van der Waals surface area (Å²) in [5, 5.41) is 0. The summed E-state index contributed by atoms with van der Waals surface area (Å²) in [6.45, 7) is -5.97. The SMILES string of the molecule is [2H]C([2H])([2H])N(C(=O)c1ccc(Cn2cnccc2=O)cc1)C([2H])([2H])[2H]. The highest BCUT2D eigenvalue weighted by atomic mass is 16.2. The number of carbonyl (C=O) groups is 1. The third-order valence-electron chi connectivity index (χ3n) is 2.55. The Hall–Kier alpha value is -2.43. The zero-order valence-corrected chi connectivity index (χ0v) is 9.91. The van der Waals surface area contributed by atoms with Crippen LogP contribution < -0.4 is 5.56 Å². The lowest BCUT2D eigenvalue weighted by Gasteiger charge is -2.10. The molecular formula is C14H15N3O2. The zero-order valence-electron chi connectivity index (χ0n) is 15.9. The largest absolute Gasteiger partial charge is 0.345 e. The second-order valence-corrected chi connectivity index (χ2v) is 3.88. The Bertz CT molecular complexity index is 797. The van der Waals surface area contributed by atoms with E-state index in [4.69, 9.17) is 8.22 Å². The molecule has 5 nitrogen and oxygen atoms in total. The summed E-state index contributed by atoms with van der Waals surface area (Å²) in [6.07, 6.45) is 2.74. The number of aromatic nitrogens is 2. The molecule has 0 aliphatic rings. The molecule has 19 heavy (non-hydrogen) atoms. The number of nitrogens with zero attached hydrogens (tertiary/aromatic N) is 3. The normalized spacial score (nSPS) is 16.2. The van der Waals surface area contributed by atoms with E-state index in [0.717, 1.165) is 0 Å². The van der Waals surface area contributed by atoms with Crippen LogP contribution in [0.4, 0.5) is 0 Å². The summed E-state index contributed by atoms with van der Waals surface area (Å²) in [5.74, 6) is -1.12. The first kappa shape index (κ1) is 7.23. The highest BCUT2D eigenvalue weighted by Gasteiger charge is 2.07. The van der Waals surface area contributed by atoms with Gasteiger partial charge in [-0.15, -0.1) is 0 Å². The molecule has 0 aliphatic heterocycles. The van der Waals surface area contributed by atoms with Crippen molar-refractivity contribution in [3.05, 3.63) is 64.3 Å². The third-order valence-corrected chi connectivity index (χ3v) is 2.55. The van der Waals surface area contributed by atoms with Gasteiger partial charge in [-0.2, -0.15) is 0 Å². The van der Waals surface area contributed by atoms with E-state index < -0.39 is 19.9 Å². The van der Waals surface area contributed by atoms with Crippen LogP contribution in [0.25, 0.3) is 0 Å². The zero-order chi connectivity index (χ0) is 18.8. The fourth-order valence-corrected chi connectivity index (χ4v) is 1.58. The number of amides is 1. The van der Waals surface area contributed by atoms with Gasteiger partial charge in [-0.1, -0.05) is 12.1 Å². The molecule has 0 bridgehead atoms. The minimum Gasteiger partial charge on any atom is -0.345 e. The molecule has 0 saturated carbocycles. The van der Waals surface area contributed by atoms with Crippen molar-refractivity contribution < 1.29 is 13.0 Å². The maximum atomic E-state index is 12.3. The molecule has 1 aromatic carbocycles. The van der Waals surface area contributed by atoms with Crippen molar-refractivity contribution in [2.45, 2.75) is 6.54 Å². The number of hydrogen-bond donors (Lipinski definition) is 0. The molecule has 0 fully saturated rings. The topological polar surface area (TPSA) is 55.2 Å². The van der Waals surface area contributed by atoms with Gasteiger partial charge in [0.1, 0.15) is 0 Å². The van der Waals surface area contributed by atoms with Gasteiger partial charge in [-0.05, 0) is 17.7 Å². The van der Waals surface area contributed by atoms with Crippen molar-refractivity contribution >= 4 is 5.91 Å². The van der Waals surface area contributed by atoms with Crippen LogP contribution in [0.1, 0.15) is 24.1 Å². The molecule has 1 aromatic heterocycles. The molecule has 1 amide bonds. The molecule has 0 radical (unpaired) electrons. The lowest BCUT2D eigenvalue weighted by molar-refractivity contribution is 0.0827. The maximum absolute atomic E-state index is 12.3. The average Bonchev–Trinajstić information content (AvgIpc) is 2.47. The van der Waals surface area contributed by atoms with Crippen molar-refractivity contribution in [3.8, 4) is 0 Å². The molecule has 98 valence electrons. The maximum Gasteiger partial charge on any atom is 0.253 e. The second kappa shape index (κ2) is 5.48. The van der Waals surface area contributed by atoms with Gasteiger partial charge < -0.3 is 4.90 Å². The smallest absolute Gasteiger partial charge is 0.253 e. The van der Waals surface area contributed by atoms with E-state index in [1.54, 1.807) is 0 Å². The van der Waals surface area contributed by atoms with Crippen molar-refractivity contribution in [2.24, 2.45) is 0 Å². The standard InChI is InChI=1S/C14H15N3O2/c1-16(2)14(19)12-5-3-11(4-6-12)9-17-10-15-8-7-13(17)18/h3-8,10H,9H2,1-2H3/i1D3,2D3. The Balaban J connectivity index is 2.25. The van der Waals surface area contributed by atoms with Crippen LogP contribution in [0.3, 0.4) is 0 Å². The summed E-state index contributed by atoms with van der Waals surface area (Å²) in [5.41, 5.74) is 0.349. The van der Waals surface area contributed by atoms with E-state index in [1.807, 2.05) is 0 Å². The van der Waals surface area contributed by atoms with E-state index >= 15 is 0 Å². The second-order valence-electron chi connectivity index (χ2n) is 3.88. The number of hydrogen-bond acceptors (Lipinski definition) is 3. The van der Waals surface area contributed by atoms with Crippen LogP contribution in [0.15, 0.2) is 47.7 Å². The average molecular weight is 263 g/mol. The lowest BCUT2D eigenvalue weighted by Crippen LogP contribution is -2.22. The highest BCUT2D eigenvalue weighted by Crippen LogP contribution is 2.07. The van der Waals surface area contributed by atoms with Crippen LogP contribution in [0, 0.1) is 0 Å². The van der Waals surface area contributed by atoms with Gasteiger partial charge in [0.25, 0.3) is 11.5 Å². The third kappa shape index (κ3) is 3.07. The molecule has 2 aromatic rings. The minimum atomic E-state index is -3.09. The Kier molecular flexibility index (Phi) is 2.08. The number of carbonyl (C=O) groups excluding carboxylic acids is 1. The predicted octanol–water partition coefficient (Wildman–Crippen LogP) is 0.993. The van der Waals surface area contributed by atoms with Crippen LogP contribution in [0.2, 0.25) is 0 Å². The van der Waals surface area contributed by atoms with Gasteiger partial charge >= 0.3 is 0 Å². The van der Waals surface area contributed by atoms with Gasteiger partial charge in [0.2, 0.25) is 0 Å². The lowest BCUT2D eigenvalue weighted by atomic mass is 10.1. The quantitative estimate of drug-likeness (QED) is 0.830. The molecule has 0 unspecified atom stereocenters. The predicted molar refractivity (Wildman–Crippen MR) is 72.1 cm³/mol. The first-order valence-electron chi connectivity index (χ1n) is 8.44. The fraction of sp³-hybridized carbons (Fsp3) is 0.214. The number of rotatable bonds is 3. The van der Waals surface area contributed by atoms with Crippen LogP contribution in [-0.2, 0) is 6.54 Å². The van der Waals surface area contributed by atoms with E-state index in [2.05, 4.69) is 4.98 Å². The molecule has 0 aliphatic carbocycles. The molecule has 2 rings (SSSR count). The molecule has 0 saturated heterocycles. The van der Waals surface area contributed by atoms with Crippen molar-refractivity contribution in [2.75, 3.05) is 14.0 Å². The van der Waals surface area contributed by atoms with Gasteiger partial charge in [0.15, 0.2) is 0 Å². The summed E-state index contributed by atoms with van der Waals surface area (Å²) in [7, 11) is 0. The molecule has 0 spiro atoms. The van der Waals surface area contributed by atoms with Gasteiger partial charge in [0, 0.05) is 40.0 Å². The monoisotopic (exact) mass is 263 g/mol. The summed E-state index contributed by atoms with van der Waals surface area (Å²) in [4.78, 5) is 27.7. The fourth-order valence-electron chi connectivity index (χ4n) is 1.58. The van der Waals surface area contributed by atoms with E-state index in [1.165, 1.54) is 47.4 Å². The minimum absolute atomic E-state index is 0.0745. The first-order chi connectivity index (χ1) is 11.5. The summed E-state index contributed by atoms with van der Waals surface area (Å²) in [6, 6.07) is 6.99. The van der Waals surface area contributed by atoms with Gasteiger partial charge in [-0.3, -0.25) is 14.2 Å². The molecule has 5 heteroatoms. The van der Waals surface area contributed by atoms with Crippen molar-refractivity contribution in [1.29, 1.82) is 0 Å². The first-order valence-corrected chi connectivity index (χ1v) is 5.44. The molecule has 0 atom stereocenters. The molecular weight excluding hydrogens is 242 g/mol. The number of benzene rings is 1. The van der Waals surface area contributed by atoms with E-state index in [0.29, 0.717) is 5.56 Å². The van der Waals surface area contributed by atoms with Crippen LogP contribution >= 0.6 is 0 Å². The molecule has 1 heterocycles. The highest BCUT2D eigenvalue weighted by molar-refractivity contribution is 5.93. The Morgan fingerprint density at radius 2 is 2.05 bits per heavy atom. The van der Waals surface area contributed by atoms with Crippen molar-refractivity contribution in [3.63, 3.8) is 0 Å². The van der Waals surface area contributed by atoms with E-state index in [-0.39, 0.29) is 22.6 Å². The summed E-state index contributed by atoms with van der Waals surface area (Å²) >= 11 is 0. The Labute approximate surface area is 119 Å². The van der Waals surface area contributed by atoms with Gasteiger partial charge in [0.05, 0.1) is 12.9 Å². The summed E-state index contributed by atoms with van der Waals surface area (Å²) < 4.78 is 45.0. The van der Waals surface area contributed by atoms with Crippen LogP contribution in [0.5, 0.6) is 0 Å². The van der Waals surface area contributed by atoms with Crippen LogP contribution in [-0.4, -0.2) is 34.3 Å². The Morgan fingerprint density at radius 1 is 1.32 bits per heavy atom. The Morgan fingerprint density at radius 3 is 2.68 bits per heavy atom. The molecule has 0 N–H and O–H groups in total. The van der Waals surface area contributed by atoms with Gasteiger partial charge in [-0.25, -0.2) is 4.98 Å². The van der Waals surface area contributed by atoms with E-state index in [9.17, 15) is 9.59 Å².